The molecule has 7 heteroatoms. The normalized spacial score (nSPS) is 11.3. The second-order valence-corrected chi connectivity index (χ2v) is 3.98. The van der Waals surface area contributed by atoms with Gasteiger partial charge in [-0.2, -0.15) is 0 Å². The Balaban J connectivity index is 2.65. The lowest BCUT2D eigenvalue weighted by Crippen LogP contribution is -2.17. The van der Waals surface area contributed by atoms with Crippen molar-refractivity contribution in [1.29, 1.82) is 0 Å². The Morgan fingerprint density at radius 1 is 1.31 bits per heavy atom. The van der Waals surface area contributed by atoms with Crippen molar-refractivity contribution in [2.45, 2.75) is 0 Å². The van der Waals surface area contributed by atoms with Crippen molar-refractivity contribution < 1.29 is 14.4 Å². The molecule has 1 aromatic rings. The first-order chi connectivity index (χ1) is 5.99. The third-order valence-electron chi connectivity index (χ3n) is 1.21. The molecule has 5 nitrogen and oxygen atoms in total. The van der Waals surface area contributed by atoms with E-state index in [1.165, 1.54) is 0 Å². The smallest absolute Gasteiger partial charge is 0.311 e. The maximum Gasteiger partial charge on any atom is 0.417 e. The molecule has 72 valence electrons. The minimum Gasteiger partial charge on any atom is -0.311 e. The van der Waals surface area contributed by atoms with E-state index >= 15 is 0 Å². The Kier molecular flexibility index (Phi) is 3.30. The van der Waals surface area contributed by atoms with E-state index in [2.05, 4.69) is 5.43 Å². The van der Waals surface area contributed by atoms with Gasteiger partial charge in [-0.1, -0.05) is 23.7 Å². The molecule has 0 aromatic heterocycles. The quantitative estimate of drug-likeness (QED) is 0.459. The number of anilines is 1. The van der Waals surface area contributed by atoms with Crippen LogP contribution in [0.25, 0.3) is 0 Å². The minimum atomic E-state index is -4.27. The molecule has 0 saturated carbocycles. The minimum absolute atomic E-state index is 0.378. The molecule has 0 heterocycles. The number of hydrogen-bond acceptors (Lipinski definition) is 2. The molecular weight excluding hydrogens is 215 g/mol. The summed E-state index contributed by atoms with van der Waals surface area (Å²) in [6.45, 7) is 0. The van der Waals surface area contributed by atoms with Crippen LogP contribution in [0.1, 0.15) is 0 Å². The van der Waals surface area contributed by atoms with E-state index in [-0.39, 0.29) is 0 Å². The van der Waals surface area contributed by atoms with Crippen molar-refractivity contribution >= 4 is 25.0 Å². The van der Waals surface area contributed by atoms with Crippen LogP contribution in [-0.2, 0) is 4.57 Å². The molecule has 0 spiro atoms. The molecular formula is C6H8ClN2O3P. The van der Waals surface area contributed by atoms with Crippen LogP contribution in [0.15, 0.2) is 24.3 Å². The van der Waals surface area contributed by atoms with Crippen LogP contribution in [0.2, 0.25) is 5.02 Å². The van der Waals surface area contributed by atoms with Gasteiger partial charge < -0.3 is 15.2 Å². The van der Waals surface area contributed by atoms with E-state index in [0.717, 1.165) is 0 Å². The van der Waals surface area contributed by atoms with E-state index in [0.29, 0.717) is 10.7 Å². The summed E-state index contributed by atoms with van der Waals surface area (Å²) in [5.41, 5.74) is 2.72. The molecule has 0 fully saturated rings. The Bertz CT molecular complexity index is 340. The number of halogens is 1. The summed E-state index contributed by atoms with van der Waals surface area (Å²) >= 11 is 5.70. The molecule has 0 radical (unpaired) electrons. The summed E-state index contributed by atoms with van der Waals surface area (Å²) in [4.78, 5) is 16.9. The van der Waals surface area contributed by atoms with Crippen LogP contribution in [0.5, 0.6) is 0 Å². The monoisotopic (exact) mass is 222 g/mol. The van der Waals surface area contributed by atoms with Gasteiger partial charge in [0.15, 0.2) is 0 Å². The van der Waals surface area contributed by atoms with E-state index in [9.17, 15) is 4.57 Å². The van der Waals surface area contributed by atoms with Gasteiger partial charge in [0, 0.05) is 0 Å². The van der Waals surface area contributed by atoms with Gasteiger partial charge in [-0.25, -0.2) is 4.57 Å². The fourth-order valence-electron chi connectivity index (χ4n) is 0.696. The Hall–Kier alpha value is -0.580. The van der Waals surface area contributed by atoms with Crippen molar-refractivity contribution in [2.24, 2.45) is 0 Å². The van der Waals surface area contributed by atoms with E-state index in [1.54, 1.807) is 24.3 Å². The molecule has 0 aliphatic rings. The Labute approximate surface area is 79.9 Å². The first-order valence-corrected chi connectivity index (χ1v) is 5.31. The molecule has 0 aliphatic carbocycles. The van der Waals surface area contributed by atoms with Gasteiger partial charge in [0.25, 0.3) is 0 Å². The number of para-hydroxylation sites is 1. The fraction of sp³-hybridized carbons (Fsp3) is 0. The van der Waals surface area contributed by atoms with Crippen molar-refractivity contribution in [3.05, 3.63) is 29.3 Å². The number of hydrogen-bond donors (Lipinski definition) is 4. The molecule has 13 heavy (non-hydrogen) atoms. The predicted molar refractivity (Wildman–Crippen MR) is 50.3 cm³/mol. The van der Waals surface area contributed by atoms with Crippen molar-refractivity contribution in [3.63, 3.8) is 0 Å². The molecule has 0 unspecified atom stereocenters. The Morgan fingerprint density at radius 2 is 1.92 bits per heavy atom. The highest BCUT2D eigenvalue weighted by Crippen LogP contribution is 2.29. The zero-order valence-corrected chi connectivity index (χ0v) is 8.09. The van der Waals surface area contributed by atoms with Crippen molar-refractivity contribution in [2.75, 3.05) is 5.43 Å². The van der Waals surface area contributed by atoms with Gasteiger partial charge >= 0.3 is 7.75 Å². The molecule has 0 amide bonds. The van der Waals surface area contributed by atoms with Crippen LogP contribution in [-0.4, -0.2) is 9.79 Å². The zero-order valence-electron chi connectivity index (χ0n) is 6.44. The molecule has 1 rings (SSSR count). The highest BCUT2D eigenvalue weighted by Gasteiger charge is 2.11. The fourth-order valence-corrected chi connectivity index (χ4v) is 1.14. The molecule has 0 bridgehead atoms. The summed E-state index contributed by atoms with van der Waals surface area (Å²) in [6.07, 6.45) is 0. The van der Waals surface area contributed by atoms with Crippen LogP contribution in [0, 0.1) is 0 Å². The second-order valence-electron chi connectivity index (χ2n) is 2.26. The highest BCUT2D eigenvalue weighted by molar-refractivity contribution is 7.49. The molecule has 0 saturated heterocycles. The van der Waals surface area contributed by atoms with Crippen LogP contribution < -0.4 is 10.6 Å². The van der Waals surface area contributed by atoms with Gasteiger partial charge in [-0.3, -0.25) is 0 Å². The maximum atomic E-state index is 10.4. The lowest BCUT2D eigenvalue weighted by atomic mass is 10.3. The number of hydrazine groups is 1. The molecule has 4 N–H and O–H groups in total. The summed E-state index contributed by atoms with van der Waals surface area (Å²) in [5, 5.41) is 2.19. The molecule has 0 atom stereocenters. The van der Waals surface area contributed by atoms with Crippen LogP contribution in [0.4, 0.5) is 5.69 Å². The second kappa shape index (κ2) is 4.09. The molecule has 1 aromatic carbocycles. The maximum absolute atomic E-state index is 10.4. The summed E-state index contributed by atoms with van der Waals surface area (Å²) < 4.78 is 10.4. The molecule has 0 aliphatic heterocycles. The van der Waals surface area contributed by atoms with Gasteiger partial charge in [0.05, 0.1) is 10.7 Å². The van der Waals surface area contributed by atoms with Crippen LogP contribution in [0.3, 0.4) is 0 Å². The number of benzene rings is 1. The predicted octanol–water partition coefficient (Wildman–Crippen LogP) is 1.35. The van der Waals surface area contributed by atoms with Gasteiger partial charge in [-0.15, -0.1) is 5.20 Å². The van der Waals surface area contributed by atoms with Crippen molar-refractivity contribution in [1.82, 2.24) is 5.20 Å². The first kappa shape index (κ1) is 10.5. The Morgan fingerprint density at radius 3 is 2.46 bits per heavy atom. The summed E-state index contributed by atoms with van der Waals surface area (Å²) in [7, 11) is -4.27. The topological polar surface area (TPSA) is 81.6 Å². The average molecular weight is 223 g/mol. The van der Waals surface area contributed by atoms with Crippen molar-refractivity contribution in [3.8, 4) is 0 Å². The number of rotatable bonds is 3. The summed E-state index contributed by atoms with van der Waals surface area (Å²) in [6, 6.07) is 6.59. The van der Waals surface area contributed by atoms with Gasteiger partial charge in [-0.05, 0) is 12.1 Å². The highest BCUT2D eigenvalue weighted by atomic mass is 35.5. The van der Waals surface area contributed by atoms with E-state index < -0.39 is 7.75 Å². The summed E-state index contributed by atoms with van der Waals surface area (Å²) in [5.74, 6) is 0. The van der Waals surface area contributed by atoms with Gasteiger partial charge in [0.1, 0.15) is 0 Å². The zero-order chi connectivity index (χ0) is 9.90. The SMILES string of the molecule is O=P(O)(O)NNc1ccccc1Cl. The lowest BCUT2D eigenvalue weighted by molar-refractivity contribution is 0.362. The lowest BCUT2D eigenvalue weighted by Gasteiger charge is -2.09. The largest absolute Gasteiger partial charge is 0.417 e. The van der Waals surface area contributed by atoms with E-state index in [4.69, 9.17) is 21.4 Å². The first-order valence-electron chi connectivity index (χ1n) is 3.32. The number of nitrogens with one attached hydrogen (secondary N) is 2. The third kappa shape index (κ3) is 3.76. The average Bonchev–Trinajstić information content (AvgIpc) is 2.01. The van der Waals surface area contributed by atoms with Gasteiger partial charge in [0.2, 0.25) is 0 Å². The van der Waals surface area contributed by atoms with E-state index in [1.807, 2.05) is 5.20 Å². The standard InChI is InChI=1S/C6H8ClN2O3P/c7-5-3-1-2-4-6(5)8-9-13(10,11)12/h1-4,8H,(H3,9,10,11,12). The van der Waals surface area contributed by atoms with Crippen LogP contribution >= 0.6 is 19.3 Å². The third-order valence-corrected chi connectivity index (χ3v) is 1.94.